The Kier molecular flexibility index (Phi) is 5.42. The van der Waals surface area contributed by atoms with Crippen LogP contribution in [-0.2, 0) is 4.79 Å². The first-order valence-electron chi connectivity index (χ1n) is 7.25. The van der Waals surface area contributed by atoms with Gasteiger partial charge in [-0.3, -0.25) is 4.79 Å². The first-order chi connectivity index (χ1) is 9.79. The van der Waals surface area contributed by atoms with Crippen LogP contribution in [0.15, 0.2) is 48.6 Å². The molecule has 2 rings (SSSR count). The Hall–Kier alpha value is -2.03. The van der Waals surface area contributed by atoms with Gasteiger partial charge in [0.25, 0.3) is 0 Å². The number of piperidine rings is 1. The summed E-state index contributed by atoms with van der Waals surface area (Å²) < 4.78 is 0. The lowest BCUT2D eigenvalue weighted by Crippen LogP contribution is -2.29. The van der Waals surface area contributed by atoms with Crippen molar-refractivity contribution in [2.24, 2.45) is 0 Å². The number of rotatable bonds is 4. The van der Waals surface area contributed by atoms with Crippen molar-refractivity contribution >= 4 is 17.3 Å². The van der Waals surface area contributed by atoms with Gasteiger partial charge in [0, 0.05) is 30.5 Å². The van der Waals surface area contributed by atoms with E-state index in [2.05, 4.69) is 22.3 Å². The second-order valence-electron chi connectivity index (χ2n) is 4.97. The third kappa shape index (κ3) is 4.26. The maximum atomic E-state index is 11.6. The fraction of sp³-hybridized carbons (Fsp3) is 0.353. The van der Waals surface area contributed by atoms with Gasteiger partial charge in [-0.05, 0) is 50.5 Å². The van der Waals surface area contributed by atoms with Crippen LogP contribution in [0.25, 0.3) is 0 Å². The smallest absolute Gasteiger partial charge is 0.248 e. The van der Waals surface area contributed by atoms with E-state index in [1.807, 2.05) is 31.2 Å². The molecule has 1 amide bonds. The molecule has 1 N–H and O–H groups in total. The van der Waals surface area contributed by atoms with E-state index in [0.29, 0.717) is 0 Å². The third-order valence-electron chi connectivity index (χ3n) is 3.41. The summed E-state index contributed by atoms with van der Waals surface area (Å²) in [6.45, 7) is 4.19. The maximum Gasteiger partial charge on any atom is 0.248 e. The molecule has 106 valence electrons. The zero-order valence-electron chi connectivity index (χ0n) is 12.0. The summed E-state index contributed by atoms with van der Waals surface area (Å²) in [5, 5.41) is 2.85. The number of benzene rings is 1. The molecule has 1 fully saturated rings. The summed E-state index contributed by atoms with van der Waals surface area (Å²) in [5.41, 5.74) is 2.08. The zero-order valence-corrected chi connectivity index (χ0v) is 12.0. The minimum absolute atomic E-state index is 0.103. The normalized spacial score (nSPS) is 15.9. The van der Waals surface area contributed by atoms with Gasteiger partial charge in [-0.2, -0.15) is 0 Å². The molecule has 0 saturated carbocycles. The summed E-state index contributed by atoms with van der Waals surface area (Å²) in [7, 11) is 0. The highest BCUT2D eigenvalue weighted by atomic mass is 16.1. The predicted molar refractivity (Wildman–Crippen MR) is 85.1 cm³/mol. The quantitative estimate of drug-likeness (QED) is 0.667. The number of allylic oxidation sites excluding steroid dienone is 3. The molecule has 0 bridgehead atoms. The van der Waals surface area contributed by atoms with E-state index in [1.54, 1.807) is 6.08 Å². The molecule has 0 aromatic heterocycles. The van der Waals surface area contributed by atoms with Crippen molar-refractivity contribution in [3.05, 3.63) is 48.6 Å². The average Bonchev–Trinajstić information content (AvgIpc) is 2.49. The number of nitrogens with zero attached hydrogens (tertiary/aromatic N) is 1. The van der Waals surface area contributed by atoms with Gasteiger partial charge in [0.05, 0.1) is 0 Å². The second-order valence-corrected chi connectivity index (χ2v) is 4.97. The summed E-state index contributed by atoms with van der Waals surface area (Å²) in [5.74, 6) is -0.103. The summed E-state index contributed by atoms with van der Waals surface area (Å²) in [6.07, 6.45) is 10.9. The highest BCUT2D eigenvalue weighted by molar-refractivity contribution is 5.99. The number of hydrogen-bond acceptors (Lipinski definition) is 2. The van der Waals surface area contributed by atoms with Gasteiger partial charge >= 0.3 is 0 Å². The topological polar surface area (TPSA) is 32.3 Å². The van der Waals surface area contributed by atoms with Gasteiger partial charge in [-0.1, -0.05) is 18.2 Å². The highest BCUT2D eigenvalue weighted by Gasteiger charge is 2.10. The molecule has 3 nitrogen and oxygen atoms in total. The first-order valence-corrected chi connectivity index (χ1v) is 7.25. The van der Waals surface area contributed by atoms with Gasteiger partial charge in [-0.25, -0.2) is 0 Å². The van der Waals surface area contributed by atoms with E-state index in [1.165, 1.54) is 31.0 Å². The highest BCUT2D eigenvalue weighted by Crippen LogP contribution is 2.21. The largest absolute Gasteiger partial charge is 0.372 e. The zero-order chi connectivity index (χ0) is 14.2. The molecule has 1 saturated heterocycles. The standard InChI is InChI=1S/C17H22N2O/c1-2-3-5-8-17(20)18-15-9-11-16(12-10-15)19-13-6-4-7-14-19/h2-3,5,8-12H,4,6-7,13-14H2,1H3,(H,18,20)/b3-2+,8-5+. The Morgan fingerprint density at radius 1 is 1.10 bits per heavy atom. The van der Waals surface area contributed by atoms with E-state index in [9.17, 15) is 4.79 Å². The number of amides is 1. The first kappa shape index (κ1) is 14.4. The van der Waals surface area contributed by atoms with Crippen molar-refractivity contribution in [2.75, 3.05) is 23.3 Å². The van der Waals surface area contributed by atoms with Gasteiger partial charge in [-0.15, -0.1) is 0 Å². The number of nitrogens with one attached hydrogen (secondary N) is 1. The fourth-order valence-corrected chi connectivity index (χ4v) is 2.35. The van der Waals surface area contributed by atoms with Gasteiger partial charge in [0.1, 0.15) is 0 Å². The van der Waals surface area contributed by atoms with Crippen LogP contribution in [0.1, 0.15) is 26.2 Å². The van der Waals surface area contributed by atoms with Crippen molar-refractivity contribution in [3.63, 3.8) is 0 Å². The lowest BCUT2D eigenvalue weighted by Gasteiger charge is -2.28. The third-order valence-corrected chi connectivity index (χ3v) is 3.41. The molecule has 1 aliphatic heterocycles. The second kappa shape index (κ2) is 7.53. The maximum absolute atomic E-state index is 11.6. The molecular weight excluding hydrogens is 248 g/mol. The molecule has 0 radical (unpaired) electrons. The van der Waals surface area contributed by atoms with Crippen LogP contribution in [0.4, 0.5) is 11.4 Å². The van der Waals surface area contributed by atoms with Crippen LogP contribution in [0, 0.1) is 0 Å². The van der Waals surface area contributed by atoms with Crippen molar-refractivity contribution in [3.8, 4) is 0 Å². The van der Waals surface area contributed by atoms with Crippen LogP contribution in [0.2, 0.25) is 0 Å². The lowest BCUT2D eigenvalue weighted by atomic mass is 10.1. The molecule has 1 aliphatic rings. The average molecular weight is 270 g/mol. The molecular formula is C17H22N2O. The summed E-state index contributed by atoms with van der Waals surface area (Å²) in [4.78, 5) is 14.0. The van der Waals surface area contributed by atoms with Gasteiger partial charge in [0.15, 0.2) is 0 Å². The Labute approximate surface area is 121 Å². The van der Waals surface area contributed by atoms with Crippen molar-refractivity contribution < 1.29 is 4.79 Å². The monoisotopic (exact) mass is 270 g/mol. The minimum atomic E-state index is -0.103. The number of carbonyl (C=O) groups excluding carboxylic acids is 1. The Morgan fingerprint density at radius 2 is 1.80 bits per heavy atom. The van der Waals surface area contributed by atoms with E-state index < -0.39 is 0 Å². The van der Waals surface area contributed by atoms with Crippen LogP contribution in [-0.4, -0.2) is 19.0 Å². The summed E-state index contributed by atoms with van der Waals surface area (Å²) in [6, 6.07) is 8.09. The van der Waals surface area contributed by atoms with E-state index >= 15 is 0 Å². The molecule has 3 heteroatoms. The van der Waals surface area contributed by atoms with Crippen LogP contribution in [0.5, 0.6) is 0 Å². The Morgan fingerprint density at radius 3 is 2.45 bits per heavy atom. The molecule has 1 aromatic rings. The number of anilines is 2. The number of carbonyl (C=O) groups is 1. The molecule has 0 atom stereocenters. The van der Waals surface area contributed by atoms with Crippen molar-refractivity contribution in [2.45, 2.75) is 26.2 Å². The van der Waals surface area contributed by atoms with Crippen LogP contribution in [0.3, 0.4) is 0 Å². The molecule has 0 spiro atoms. The predicted octanol–water partition coefficient (Wildman–Crippen LogP) is 3.75. The Balaban J connectivity index is 1.92. The van der Waals surface area contributed by atoms with Crippen molar-refractivity contribution in [1.29, 1.82) is 0 Å². The van der Waals surface area contributed by atoms with Gasteiger partial charge < -0.3 is 10.2 Å². The SMILES string of the molecule is C/C=C/C=C/C(=O)Nc1ccc(N2CCCCC2)cc1. The van der Waals surface area contributed by atoms with Gasteiger partial charge in [0.2, 0.25) is 5.91 Å². The van der Waals surface area contributed by atoms with E-state index in [-0.39, 0.29) is 5.91 Å². The van der Waals surface area contributed by atoms with Crippen LogP contribution < -0.4 is 10.2 Å². The molecule has 0 aliphatic carbocycles. The molecule has 1 aromatic carbocycles. The molecule has 1 heterocycles. The van der Waals surface area contributed by atoms with Crippen molar-refractivity contribution in [1.82, 2.24) is 0 Å². The fourth-order valence-electron chi connectivity index (χ4n) is 2.35. The molecule has 20 heavy (non-hydrogen) atoms. The van der Waals surface area contributed by atoms with E-state index in [0.717, 1.165) is 18.8 Å². The van der Waals surface area contributed by atoms with E-state index in [4.69, 9.17) is 0 Å². The lowest BCUT2D eigenvalue weighted by molar-refractivity contribution is -0.111. The minimum Gasteiger partial charge on any atom is -0.372 e. The summed E-state index contributed by atoms with van der Waals surface area (Å²) >= 11 is 0. The number of hydrogen-bond donors (Lipinski definition) is 1. The van der Waals surface area contributed by atoms with Crippen LogP contribution >= 0.6 is 0 Å². The molecule has 0 unspecified atom stereocenters. The Bertz CT molecular complexity index is 482.